The van der Waals surface area contributed by atoms with Crippen molar-refractivity contribution in [1.82, 2.24) is 20.8 Å². The first-order valence-corrected chi connectivity index (χ1v) is 10.0. The van der Waals surface area contributed by atoms with Gasteiger partial charge in [0.25, 0.3) is 11.5 Å². The van der Waals surface area contributed by atoms with Crippen molar-refractivity contribution in [3.05, 3.63) is 56.4 Å². The average Bonchev–Trinajstić information content (AvgIpc) is 2.98. The van der Waals surface area contributed by atoms with Crippen molar-refractivity contribution in [3.8, 4) is 0 Å². The molecule has 0 bridgehead atoms. The molecule has 3 rings (SSSR count). The number of rotatable bonds is 6. The number of aryl methyl sites for hydroxylation is 4. The van der Waals surface area contributed by atoms with Gasteiger partial charge in [-0.2, -0.15) is 0 Å². The highest BCUT2D eigenvalue weighted by atomic mass is 32.1. The molecule has 0 saturated heterocycles. The summed E-state index contributed by atoms with van der Waals surface area (Å²) < 4.78 is 0. The van der Waals surface area contributed by atoms with E-state index in [1.807, 2.05) is 45.0 Å². The SMILES string of the molecule is Cc1ccc(NCC(=O)NNC(=O)CCc2nc3sc(C)c(C)c3c(=O)[nH]2)cc1. The molecule has 0 fully saturated rings. The summed E-state index contributed by atoms with van der Waals surface area (Å²) in [6.07, 6.45) is 0.355. The molecule has 0 spiro atoms. The minimum atomic E-state index is -0.366. The summed E-state index contributed by atoms with van der Waals surface area (Å²) in [5.41, 5.74) is 7.42. The molecule has 4 N–H and O–H groups in total. The second kappa shape index (κ2) is 8.87. The van der Waals surface area contributed by atoms with Crippen LogP contribution >= 0.6 is 11.3 Å². The van der Waals surface area contributed by atoms with Gasteiger partial charge in [-0.1, -0.05) is 17.7 Å². The van der Waals surface area contributed by atoms with Crippen LogP contribution < -0.4 is 21.7 Å². The van der Waals surface area contributed by atoms with Gasteiger partial charge in [0.05, 0.1) is 11.9 Å². The number of hydrogen-bond acceptors (Lipinski definition) is 6. The summed E-state index contributed by atoms with van der Waals surface area (Å²) in [4.78, 5) is 45.0. The molecule has 8 nitrogen and oxygen atoms in total. The second-order valence-corrected chi connectivity index (χ2v) is 8.00. The molecule has 3 aromatic rings. The van der Waals surface area contributed by atoms with E-state index < -0.39 is 0 Å². The van der Waals surface area contributed by atoms with Crippen LogP contribution in [0.4, 0.5) is 5.69 Å². The van der Waals surface area contributed by atoms with Crippen LogP contribution in [-0.4, -0.2) is 28.3 Å². The van der Waals surface area contributed by atoms with Crippen LogP contribution in [0.2, 0.25) is 0 Å². The topological polar surface area (TPSA) is 116 Å². The van der Waals surface area contributed by atoms with Gasteiger partial charge in [0, 0.05) is 23.4 Å². The Morgan fingerprint density at radius 1 is 1.07 bits per heavy atom. The summed E-state index contributed by atoms with van der Waals surface area (Å²) in [6, 6.07) is 7.64. The van der Waals surface area contributed by atoms with Crippen molar-refractivity contribution in [2.75, 3.05) is 11.9 Å². The monoisotopic (exact) mass is 413 g/mol. The maximum atomic E-state index is 12.2. The van der Waals surface area contributed by atoms with Gasteiger partial charge in [-0.25, -0.2) is 4.98 Å². The van der Waals surface area contributed by atoms with E-state index in [2.05, 4.69) is 26.1 Å². The lowest BCUT2D eigenvalue weighted by atomic mass is 10.2. The van der Waals surface area contributed by atoms with Gasteiger partial charge in [0.15, 0.2) is 0 Å². The van der Waals surface area contributed by atoms with Crippen LogP contribution in [0, 0.1) is 20.8 Å². The van der Waals surface area contributed by atoms with Crippen molar-refractivity contribution < 1.29 is 9.59 Å². The predicted octanol–water partition coefficient (Wildman–Crippen LogP) is 2.10. The number of carbonyl (C=O) groups excluding carboxylic acids is 2. The minimum absolute atomic E-state index is 0.0337. The standard InChI is InChI=1S/C20H23N5O3S/c1-11-4-6-14(7-5-11)21-10-17(27)25-24-16(26)9-8-15-22-19(28)18-12(2)13(3)29-20(18)23-15/h4-7,21H,8-10H2,1-3H3,(H,24,26)(H,25,27)(H,22,23,28). The summed E-state index contributed by atoms with van der Waals surface area (Å²) >= 11 is 1.46. The molecule has 29 heavy (non-hydrogen) atoms. The number of aromatic nitrogens is 2. The largest absolute Gasteiger partial charge is 0.376 e. The van der Waals surface area contributed by atoms with Gasteiger partial charge in [0.1, 0.15) is 10.7 Å². The zero-order valence-electron chi connectivity index (χ0n) is 16.5. The molecule has 9 heteroatoms. The zero-order chi connectivity index (χ0) is 21.0. The van der Waals surface area contributed by atoms with E-state index in [-0.39, 0.29) is 36.8 Å². The molecule has 0 radical (unpaired) electrons. The van der Waals surface area contributed by atoms with Gasteiger partial charge in [-0.05, 0) is 38.5 Å². The number of thiophene rings is 1. The van der Waals surface area contributed by atoms with Crippen LogP contribution in [0.3, 0.4) is 0 Å². The molecule has 0 atom stereocenters. The molecule has 0 unspecified atom stereocenters. The molecular weight excluding hydrogens is 390 g/mol. The zero-order valence-corrected chi connectivity index (χ0v) is 17.3. The fourth-order valence-electron chi connectivity index (χ4n) is 2.75. The lowest BCUT2D eigenvalue weighted by Gasteiger charge is -2.09. The first kappa shape index (κ1) is 20.5. The highest BCUT2D eigenvalue weighted by Gasteiger charge is 2.13. The summed E-state index contributed by atoms with van der Waals surface area (Å²) in [5.74, 6) is -0.280. The van der Waals surface area contributed by atoms with E-state index in [0.717, 1.165) is 21.7 Å². The number of anilines is 1. The van der Waals surface area contributed by atoms with Gasteiger partial charge < -0.3 is 10.3 Å². The number of nitrogens with zero attached hydrogens (tertiary/aromatic N) is 1. The number of amides is 2. The molecule has 0 aliphatic rings. The number of aromatic amines is 1. The van der Waals surface area contributed by atoms with Crippen molar-refractivity contribution in [2.24, 2.45) is 0 Å². The van der Waals surface area contributed by atoms with E-state index in [9.17, 15) is 14.4 Å². The van der Waals surface area contributed by atoms with Crippen molar-refractivity contribution in [1.29, 1.82) is 0 Å². The van der Waals surface area contributed by atoms with Crippen LogP contribution in [0.5, 0.6) is 0 Å². The normalized spacial score (nSPS) is 10.7. The maximum absolute atomic E-state index is 12.2. The third kappa shape index (κ3) is 5.20. The Labute approximate surface area is 171 Å². The predicted molar refractivity (Wildman–Crippen MR) is 114 cm³/mol. The summed E-state index contributed by atoms with van der Waals surface area (Å²) in [6.45, 7) is 5.86. The molecule has 0 aliphatic heterocycles. The van der Waals surface area contributed by atoms with Gasteiger partial charge in [-0.3, -0.25) is 25.2 Å². The lowest BCUT2D eigenvalue weighted by Crippen LogP contribution is -2.44. The second-order valence-electron chi connectivity index (χ2n) is 6.79. The van der Waals surface area contributed by atoms with E-state index in [1.165, 1.54) is 11.3 Å². The van der Waals surface area contributed by atoms with Gasteiger partial charge >= 0.3 is 0 Å². The highest BCUT2D eigenvalue weighted by Crippen LogP contribution is 2.25. The maximum Gasteiger partial charge on any atom is 0.259 e. The Bertz CT molecular complexity index is 1100. The molecule has 2 heterocycles. The summed E-state index contributed by atoms with van der Waals surface area (Å²) in [7, 11) is 0. The number of benzene rings is 1. The molecule has 0 saturated carbocycles. The van der Waals surface area contributed by atoms with Crippen LogP contribution in [0.25, 0.3) is 10.2 Å². The quantitative estimate of drug-likeness (QED) is 0.462. The first-order chi connectivity index (χ1) is 13.8. The number of carbonyl (C=O) groups is 2. The van der Waals surface area contributed by atoms with E-state index in [0.29, 0.717) is 16.0 Å². The number of nitrogens with one attached hydrogen (secondary N) is 4. The fourth-order valence-corrected chi connectivity index (χ4v) is 3.80. The molecule has 2 aromatic heterocycles. The number of H-pyrrole nitrogens is 1. The third-order valence-electron chi connectivity index (χ3n) is 4.52. The minimum Gasteiger partial charge on any atom is -0.376 e. The van der Waals surface area contributed by atoms with Gasteiger partial charge in [-0.15, -0.1) is 11.3 Å². The first-order valence-electron chi connectivity index (χ1n) is 9.20. The highest BCUT2D eigenvalue weighted by molar-refractivity contribution is 7.18. The van der Waals surface area contributed by atoms with Crippen LogP contribution in [-0.2, 0) is 16.0 Å². The Balaban J connectivity index is 1.46. The average molecular weight is 414 g/mol. The smallest absolute Gasteiger partial charge is 0.259 e. The third-order valence-corrected chi connectivity index (χ3v) is 5.62. The van der Waals surface area contributed by atoms with E-state index >= 15 is 0 Å². The molecule has 1 aromatic carbocycles. The Morgan fingerprint density at radius 2 is 1.76 bits per heavy atom. The molecule has 152 valence electrons. The van der Waals surface area contributed by atoms with Crippen molar-refractivity contribution >= 4 is 39.1 Å². The van der Waals surface area contributed by atoms with Crippen LogP contribution in [0.1, 0.15) is 28.2 Å². The number of hydrogen-bond donors (Lipinski definition) is 4. The number of fused-ring (bicyclic) bond motifs is 1. The Hall–Kier alpha value is -3.20. The fraction of sp³-hybridized carbons (Fsp3) is 0.300. The number of hydrazine groups is 1. The molecule has 0 aliphatic carbocycles. The van der Waals surface area contributed by atoms with Crippen molar-refractivity contribution in [2.45, 2.75) is 33.6 Å². The van der Waals surface area contributed by atoms with E-state index in [4.69, 9.17) is 0 Å². The van der Waals surface area contributed by atoms with Crippen LogP contribution in [0.15, 0.2) is 29.1 Å². The lowest BCUT2D eigenvalue weighted by molar-refractivity contribution is -0.128. The van der Waals surface area contributed by atoms with Gasteiger partial charge in [0.2, 0.25) is 5.91 Å². The Kier molecular flexibility index (Phi) is 6.28. The Morgan fingerprint density at radius 3 is 2.48 bits per heavy atom. The van der Waals surface area contributed by atoms with E-state index in [1.54, 1.807) is 0 Å². The molecular formula is C20H23N5O3S. The summed E-state index contributed by atoms with van der Waals surface area (Å²) in [5, 5.41) is 3.58. The van der Waals surface area contributed by atoms with Crippen molar-refractivity contribution in [3.63, 3.8) is 0 Å². The molecule has 2 amide bonds.